The Labute approximate surface area is 180 Å². The lowest BCUT2D eigenvalue weighted by Crippen LogP contribution is -2.48. The Morgan fingerprint density at radius 2 is 2.07 bits per heavy atom. The number of nitrogens with zero attached hydrogens (tertiary/aromatic N) is 2. The summed E-state index contributed by atoms with van der Waals surface area (Å²) < 4.78 is 0. The number of hydrogen-bond donors (Lipinski definition) is 1. The van der Waals surface area contributed by atoms with Gasteiger partial charge in [-0.25, -0.2) is 0 Å². The minimum absolute atomic E-state index is 0.102. The van der Waals surface area contributed by atoms with E-state index < -0.39 is 0 Å². The molecule has 1 N–H and O–H groups in total. The lowest BCUT2D eigenvalue weighted by molar-refractivity contribution is -0.112. The molecule has 0 aliphatic carbocycles. The standard InChI is InChI=1S/C26H31N3O/c1-6-12-29-24-11-10-20(15-23(24)19(3)16-26(29,4)5)14-21(17-27)25(30)28-22-9-7-8-18(2)13-22/h7-11,13-15,19H,6,12,16H2,1-5H3,(H,28,30)/b21-14+. The van der Waals surface area contributed by atoms with Gasteiger partial charge in [-0.15, -0.1) is 0 Å². The van der Waals surface area contributed by atoms with E-state index >= 15 is 0 Å². The Bertz CT molecular complexity index is 1010. The van der Waals surface area contributed by atoms with Gasteiger partial charge in [-0.2, -0.15) is 5.26 Å². The van der Waals surface area contributed by atoms with E-state index in [1.165, 1.54) is 11.3 Å². The zero-order valence-corrected chi connectivity index (χ0v) is 18.6. The second kappa shape index (κ2) is 8.75. The summed E-state index contributed by atoms with van der Waals surface area (Å²) in [6, 6.07) is 15.9. The maximum Gasteiger partial charge on any atom is 0.266 e. The molecule has 0 radical (unpaired) electrons. The van der Waals surface area contributed by atoms with Crippen LogP contribution in [0.4, 0.5) is 11.4 Å². The zero-order chi connectivity index (χ0) is 21.9. The van der Waals surface area contributed by atoms with Gasteiger partial charge < -0.3 is 10.2 Å². The van der Waals surface area contributed by atoms with Gasteiger partial charge in [-0.1, -0.05) is 32.0 Å². The van der Waals surface area contributed by atoms with Crippen molar-refractivity contribution in [3.05, 3.63) is 64.7 Å². The number of amides is 1. The van der Waals surface area contributed by atoms with E-state index in [0.29, 0.717) is 11.6 Å². The molecule has 1 unspecified atom stereocenters. The molecule has 0 fully saturated rings. The predicted octanol–water partition coefficient (Wildman–Crippen LogP) is 6.04. The predicted molar refractivity (Wildman–Crippen MR) is 125 cm³/mol. The third kappa shape index (κ3) is 4.57. The number of rotatable bonds is 5. The highest BCUT2D eigenvalue weighted by atomic mass is 16.1. The lowest BCUT2D eigenvalue weighted by atomic mass is 9.79. The van der Waals surface area contributed by atoms with Crippen molar-refractivity contribution >= 4 is 23.4 Å². The average Bonchev–Trinajstić information content (AvgIpc) is 2.69. The van der Waals surface area contributed by atoms with E-state index in [4.69, 9.17) is 0 Å². The van der Waals surface area contributed by atoms with Crippen LogP contribution in [0.2, 0.25) is 0 Å². The summed E-state index contributed by atoms with van der Waals surface area (Å²) in [6.07, 6.45) is 3.85. The third-order valence-corrected chi connectivity index (χ3v) is 5.81. The van der Waals surface area contributed by atoms with Crippen LogP contribution in [0, 0.1) is 18.3 Å². The van der Waals surface area contributed by atoms with Gasteiger partial charge in [0, 0.05) is 23.5 Å². The van der Waals surface area contributed by atoms with Crippen LogP contribution in [0.3, 0.4) is 0 Å². The van der Waals surface area contributed by atoms with E-state index in [9.17, 15) is 10.1 Å². The highest BCUT2D eigenvalue weighted by Crippen LogP contribution is 2.43. The minimum Gasteiger partial charge on any atom is -0.366 e. The van der Waals surface area contributed by atoms with Crippen molar-refractivity contribution in [3.63, 3.8) is 0 Å². The molecule has 0 bridgehead atoms. The number of anilines is 2. The van der Waals surface area contributed by atoms with Crippen LogP contribution in [0.1, 0.15) is 63.1 Å². The van der Waals surface area contributed by atoms with Crippen molar-refractivity contribution in [2.45, 2.75) is 58.9 Å². The molecular formula is C26H31N3O. The molecule has 156 valence electrons. The summed E-state index contributed by atoms with van der Waals surface area (Å²) in [5.41, 5.74) is 5.40. The highest BCUT2D eigenvalue weighted by Gasteiger charge is 2.35. The van der Waals surface area contributed by atoms with Gasteiger partial charge in [0.1, 0.15) is 11.6 Å². The van der Waals surface area contributed by atoms with Crippen molar-refractivity contribution in [2.24, 2.45) is 0 Å². The smallest absolute Gasteiger partial charge is 0.266 e. The fourth-order valence-electron chi connectivity index (χ4n) is 4.48. The summed E-state index contributed by atoms with van der Waals surface area (Å²) >= 11 is 0. The number of aryl methyl sites for hydroxylation is 1. The maximum absolute atomic E-state index is 12.6. The topological polar surface area (TPSA) is 56.1 Å². The van der Waals surface area contributed by atoms with Crippen LogP contribution in [0.5, 0.6) is 0 Å². The Balaban J connectivity index is 1.90. The van der Waals surface area contributed by atoms with Crippen molar-refractivity contribution < 1.29 is 4.79 Å². The fraction of sp³-hybridized carbons (Fsp3) is 0.385. The van der Waals surface area contributed by atoms with Crippen LogP contribution in [0.25, 0.3) is 6.08 Å². The lowest BCUT2D eigenvalue weighted by Gasteiger charge is -2.47. The van der Waals surface area contributed by atoms with Gasteiger partial charge in [-0.3, -0.25) is 4.79 Å². The van der Waals surface area contributed by atoms with Gasteiger partial charge in [-0.05, 0) is 86.6 Å². The minimum atomic E-state index is -0.386. The number of benzene rings is 2. The van der Waals surface area contributed by atoms with Crippen molar-refractivity contribution in [2.75, 3.05) is 16.8 Å². The normalized spacial score (nSPS) is 17.8. The Hall–Kier alpha value is -3.06. The average molecular weight is 402 g/mol. The summed E-state index contributed by atoms with van der Waals surface area (Å²) in [5, 5.41) is 12.4. The van der Waals surface area contributed by atoms with Crippen molar-refractivity contribution in [1.82, 2.24) is 0 Å². The Morgan fingerprint density at radius 3 is 2.73 bits per heavy atom. The van der Waals surface area contributed by atoms with E-state index in [-0.39, 0.29) is 17.0 Å². The molecule has 1 aliphatic heterocycles. The Morgan fingerprint density at radius 1 is 1.30 bits per heavy atom. The summed E-state index contributed by atoms with van der Waals surface area (Å²) in [5.74, 6) is 0.0331. The van der Waals surface area contributed by atoms with E-state index in [2.05, 4.69) is 56.1 Å². The molecule has 0 spiro atoms. The van der Waals surface area contributed by atoms with E-state index in [0.717, 1.165) is 30.5 Å². The molecule has 4 heteroatoms. The molecule has 0 saturated carbocycles. The molecule has 1 atom stereocenters. The molecular weight excluding hydrogens is 370 g/mol. The summed E-state index contributed by atoms with van der Waals surface area (Å²) in [6.45, 7) is 12.1. The van der Waals surface area contributed by atoms with Crippen LogP contribution in [-0.2, 0) is 4.79 Å². The highest BCUT2D eigenvalue weighted by molar-refractivity contribution is 6.09. The molecule has 4 nitrogen and oxygen atoms in total. The first-order chi connectivity index (χ1) is 14.2. The molecule has 3 rings (SSSR count). The van der Waals surface area contributed by atoms with Crippen molar-refractivity contribution in [1.29, 1.82) is 5.26 Å². The maximum atomic E-state index is 12.6. The SMILES string of the molecule is CCCN1c2ccc(/C=C(\C#N)C(=O)Nc3cccc(C)c3)cc2C(C)CC1(C)C. The van der Waals surface area contributed by atoms with Crippen LogP contribution >= 0.6 is 0 Å². The van der Waals surface area contributed by atoms with E-state index in [1.54, 1.807) is 6.08 Å². The first kappa shape index (κ1) is 21.6. The zero-order valence-electron chi connectivity index (χ0n) is 18.6. The molecule has 1 aliphatic rings. The number of carbonyl (C=O) groups is 1. The number of hydrogen-bond acceptors (Lipinski definition) is 3. The van der Waals surface area contributed by atoms with Gasteiger partial charge >= 0.3 is 0 Å². The van der Waals surface area contributed by atoms with Crippen LogP contribution in [0.15, 0.2) is 48.0 Å². The molecule has 2 aromatic rings. The third-order valence-electron chi connectivity index (χ3n) is 5.81. The monoisotopic (exact) mass is 401 g/mol. The molecule has 1 heterocycles. The van der Waals surface area contributed by atoms with Gasteiger partial charge in [0.05, 0.1) is 0 Å². The Kier molecular flexibility index (Phi) is 6.31. The number of nitrogens with one attached hydrogen (secondary N) is 1. The molecule has 30 heavy (non-hydrogen) atoms. The van der Waals surface area contributed by atoms with Crippen LogP contribution < -0.4 is 10.2 Å². The van der Waals surface area contributed by atoms with Gasteiger partial charge in [0.25, 0.3) is 5.91 Å². The summed E-state index contributed by atoms with van der Waals surface area (Å²) in [7, 11) is 0. The van der Waals surface area contributed by atoms with E-state index in [1.807, 2.05) is 37.3 Å². The molecule has 1 amide bonds. The fourth-order valence-corrected chi connectivity index (χ4v) is 4.48. The van der Waals surface area contributed by atoms with Gasteiger partial charge in [0.15, 0.2) is 0 Å². The van der Waals surface area contributed by atoms with Crippen molar-refractivity contribution in [3.8, 4) is 6.07 Å². The number of fused-ring (bicyclic) bond motifs is 1. The first-order valence-corrected chi connectivity index (χ1v) is 10.7. The quantitative estimate of drug-likeness (QED) is 0.491. The number of nitriles is 1. The largest absolute Gasteiger partial charge is 0.366 e. The molecule has 0 saturated heterocycles. The summed E-state index contributed by atoms with van der Waals surface area (Å²) in [4.78, 5) is 15.1. The van der Waals surface area contributed by atoms with Gasteiger partial charge in [0.2, 0.25) is 0 Å². The molecule has 2 aromatic carbocycles. The second-order valence-corrected chi connectivity index (χ2v) is 8.88. The first-order valence-electron chi connectivity index (χ1n) is 10.7. The second-order valence-electron chi connectivity index (χ2n) is 8.88. The molecule has 0 aromatic heterocycles. The van der Waals surface area contributed by atoms with Crippen LogP contribution in [-0.4, -0.2) is 18.0 Å². The number of carbonyl (C=O) groups excluding carboxylic acids is 1.